The molecule has 2 aliphatic rings. The van der Waals surface area contributed by atoms with Crippen LogP contribution in [0.2, 0.25) is 0 Å². The fraction of sp³-hybridized carbons (Fsp3) is 0.286. The third kappa shape index (κ3) is 2.36. The first-order valence-electron chi connectivity index (χ1n) is 14.0. The minimum atomic E-state index is 0.695. The number of benzene rings is 4. The van der Waals surface area contributed by atoms with Gasteiger partial charge in [-0.3, -0.25) is 0 Å². The molecule has 7 aromatic rings. The minimum Gasteiger partial charge on any atom is -0.307 e. The molecule has 0 saturated heterocycles. The van der Waals surface area contributed by atoms with Crippen LogP contribution in [0.1, 0.15) is 48.3 Å². The lowest BCUT2D eigenvalue weighted by Crippen LogP contribution is -2.29. The van der Waals surface area contributed by atoms with E-state index in [1.807, 2.05) is 0 Å². The molecule has 2 heteroatoms. The van der Waals surface area contributed by atoms with Crippen molar-refractivity contribution in [2.24, 2.45) is 18.9 Å². The normalized spacial score (nSPS) is 21.8. The number of hydrogen-bond donors (Lipinski definition) is 0. The van der Waals surface area contributed by atoms with Crippen LogP contribution in [0.5, 0.6) is 0 Å². The van der Waals surface area contributed by atoms with Gasteiger partial charge in [-0.25, -0.2) is 4.57 Å². The quantitative estimate of drug-likeness (QED) is 0.127. The monoisotopic (exact) mass is 479 g/mol. The van der Waals surface area contributed by atoms with Gasteiger partial charge in [0.1, 0.15) is 7.05 Å². The number of para-hydroxylation sites is 1. The van der Waals surface area contributed by atoms with E-state index < -0.39 is 0 Å². The minimum absolute atomic E-state index is 0.695. The molecule has 0 amide bonds. The van der Waals surface area contributed by atoms with E-state index >= 15 is 0 Å². The average molecular weight is 480 g/mol. The largest absolute Gasteiger partial charge is 0.307 e. The molecule has 3 unspecified atom stereocenters. The molecule has 2 bridgehead atoms. The van der Waals surface area contributed by atoms with Crippen LogP contribution in [0.3, 0.4) is 0 Å². The summed E-state index contributed by atoms with van der Waals surface area (Å²) in [6, 6.07) is 23.1. The molecule has 3 atom stereocenters. The summed E-state index contributed by atoms with van der Waals surface area (Å²) in [6.45, 7) is 4.67. The Balaban J connectivity index is 1.63. The fourth-order valence-electron chi connectivity index (χ4n) is 8.83. The van der Waals surface area contributed by atoms with E-state index in [0.29, 0.717) is 5.92 Å². The zero-order chi connectivity index (χ0) is 24.6. The second kappa shape index (κ2) is 6.81. The second-order valence-electron chi connectivity index (χ2n) is 12.1. The Kier molecular flexibility index (Phi) is 3.75. The molecule has 9 rings (SSSR count). The van der Waals surface area contributed by atoms with E-state index in [2.05, 4.69) is 96.7 Å². The molecule has 3 heterocycles. The van der Waals surface area contributed by atoms with Gasteiger partial charge < -0.3 is 4.40 Å². The highest BCUT2D eigenvalue weighted by atomic mass is 15.0. The molecule has 2 aliphatic carbocycles. The smallest absolute Gasteiger partial charge is 0.224 e. The third-order valence-corrected chi connectivity index (χ3v) is 10.4. The lowest BCUT2D eigenvalue weighted by atomic mass is 9.80. The van der Waals surface area contributed by atoms with E-state index in [1.165, 1.54) is 96.6 Å². The molecular weight excluding hydrogens is 448 g/mol. The van der Waals surface area contributed by atoms with Crippen LogP contribution < -0.4 is 4.57 Å². The van der Waals surface area contributed by atoms with Crippen LogP contribution in [-0.4, -0.2) is 4.40 Å². The van der Waals surface area contributed by atoms with Crippen molar-refractivity contribution >= 4 is 59.8 Å². The number of hydrogen-bond acceptors (Lipinski definition) is 0. The van der Waals surface area contributed by atoms with Crippen molar-refractivity contribution < 1.29 is 4.57 Å². The van der Waals surface area contributed by atoms with Gasteiger partial charge in [0.15, 0.2) is 6.20 Å². The summed E-state index contributed by atoms with van der Waals surface area (Å²) < 4.78 is 5.03. The average Bonchev–Trinajstić information content (AvgIpc) is 3.65. The molecule has 2 saturated carbocycles. The van der Waals surface area contributed by atoms with Crippen LogP contribution in [0.25, 0.3) is 59.8 Å². The molecule has 0 radical (unpaired) electrons. The van der Waals surface area contributed by atoms with Gasteiger partial charge >= 0.3 is 0 Å². The van der Waals surface area contributed by atoms with Crippen LogP contribution >= 0.6 is 0 Å². The lowest BCUT2D eigenvalue weighted by Gasteiger charge is -2.24. The van der Waals surface area contributed by atoms with Gasteiger partial charge in [-0.15, -0.1) is 0 Å². The molecule has 0 spiro atoms. The fourth-order valence-corrected chi connectivity index (χ4v) is 8.83. The topological polar surface area (TPSA) is 8.29 Å². The standard InChI is InChI=1S/C35H31N2/c1-19-24-8-4-5-9-25(24)20(2)33-30(19)34-31-23(14-15-36(34)3)18-28(27-17-21-12-13-22(27)16-21)32-26-10-6-7-11-29(26)37(33)35(31)32/h4-11,14-15,18,21-22,27H,12-13,16-17H2,1-3H3/q+1. The maximum Gasteiger partial charge on any atom is 0.224 e. The predicted molar refractivity (Wildman–Crippen MR) is 155 cm³/mol. The molecule has 37 heavy (non-hydrogen) atoms. The van der Waals surface area contributed by atoms with Crippen LogP contribution in [0.4, 0.5) is 0 Å². The number of nitrogens with zero attached hydrogens (tertiary/aromatic N) is 2. The van der Waals surface area contributed by atoms with Gasteiger partial charge in [0.25, 0.3) is 0 Å². The Labute approximate surface area is 216 Å². The zero-order valence-electron chi connectivity index (χ0n) is 21.8. The molecule has 3 aromatic heterocycles. The number of rotatable bonds is 1. The molecule has 0 N–H and O–H groups in total. The van der Waals surface area contributed by atoms with Gasteiger partial charge in [0, 0.05) is 16.8 Å². The highest BCUT2D eigenvalue weighted by Crippen LogP contribution is 2.56. The van der Waals surface area contributed by atoms with Gasteiger partial charge in [0.2, 0.25) is 5.52 Å². The number of aromatic nitrogens is 2. The Hall–Kier alpha value is -3.65. The van der Waals surface area contributed by atoms with E-state index in [0.717, 1.165) is 11.8 Å². The summed E-state index contributed by atoms with van der Waals surface area (Å²) in [5, 5.41) is 9.90. The predicted octanol–water partition coefficient (Wildman–Crippen LogP) is 8.49. The Morgan fingerprint density at radius 2 is 1.51 bits per heavy atom. The van der Waals surface area contributed by atoms with E-state index in [1.54, 1.807) is 5.56 Å². The van der Waals surface area contributed by atoms with Gasteiger partial charge in [0.05, 0.1) is 27.3 Å². The van der Waals surface area contributed by atoms with Gasteiger partial charge in [-0.05, 0) is 95.8 Å². The summed E-state index contributed by atoms with van der Waals surface area (Å²) in [6.07, 6.45) is 7.96. The summed E-state index contributed by atoms with van der Waals surface area (Å²) in [4.78, 5) is 0. The van der Waals surface area contributed by atoms with E-state index in [4.69, 9.17) is 0 Å². The third-order valence-electron chi connectivity index (χ3n) is 10.4. The zero-order valence-corrected chi connectivity index (χ0v) is 21.8. The first-order valence-corrected chi connectivity index (χ1v) is 14.0. The van der Waals surface area contributed by atoms with Crippen LogP contribution in [-0.2, 0) is 7.05 Å². The van der Waals surface area contributed by atoms with E-state index in [9.17, 15) is 0 Å². The molecule has 4 aromatic carbocycles. The summed E-state index contributed by atoms with van der Waals surface area (Å²) >= 11 is 0. The maximum atomic E-state index is 2.65. The van der Waals surface area contributed by atoms with Crippen molar-refractivity contribution in [3.8, 4) is 0 Å². The Morgan fingerprint density at radius 1 is 0.757 bits per heavy atom. The summed E-state index contributed by atoms with van der Waals surface area (Å²) in [5.41, 5.74) is 9.92. The van der Waals surface area contributed by atoms with E-state index in [-0.39, 0.29) is 0 Å². The van der Waals surface area contributed by atoms with Gasteiger partial charge in [-0.2, -0.15) is 0 Å². The maximum absolute atomic E-state index is 2.65. The Morgan fingerprint density at radius 3 is 2.27 bits per heavy atom. The molecule has 2 fully saturated rings. The number of aryl methyl sites for hydroxylation is 3. The van der Waals surface area contributed by atoms with Crippen molar-refractivity contribution in [2.75, 3.05) is 0 Å². The van der Waals surface area contributed by atoms with Crippen molar-refractivity contribution in [2.45, 2.75) is 45.4 Å². The highest BCUT2D eigenvalue weighted by Gasteiger charge is 2.41. The number of pyridine rings is 2. The first-order chi connectivity index (χ1) is 18.1. The van der Waals surface area contributed by atoms with Gasteiger partial charge in [-0.1, -0.05) is 48.9 Å². The van der Waals surface area contributed by atoms with Crippen LogP contribution in [0, 0.1) is 25.7 Å². The molecule has 2 nitrogen and oxygen atoms in total. The van der Waals surface area contributed by atoms with Crippen molar-refractivity contribution in [3.63, 3.8) is 0 Å². The molecule has 0 aliphatic heterocycles. The second-order valence-corrected chi connectivity index (χ2v) is 12.1. The highest BCUT2D eigenvalue weighted by molar-refractivity contribution is 6.29. The molecule has 180 valence electrons. The van der Waals surface area contributed by atoms with Crippen molar-refractivity contribution in [1.82, 2.24) is 4.40 Å². The molecular formula is C35H31N2+. The van der Waals surface area contributed by atoms with Crippen molar-refractivity contribution in [3.05, 3.63) is 83.6 Å². The first kappa shape index (κ1) is 20.4. The van der Waals surface area contributed by atoms with Crippen LogP contribution in [0.15, 0.2) is 66.9 Å². The lowest BCUT2D eigenvalue weighted by molar-refractivity contribution is -0.643. The summed E-state index contributed by atoms with van der Waals surface area (Å²) in [5.74, 6) is 2.49. The summed E-state index contributed by atoms with van der Waals surface area (Å²) in [7, 11) is 2.23. The number of fused-ring (bicyclic) bond motifs is 9. The SMILES string of the molecule is Cc1c2ccccc2c(C)c2c1c1c3c(cc[n+]1C)cc(C1CC4CCC1C4)c1c4ccccc4n2c13. The Bertz CT molecular complexity index is 2090. The van der Waals surface area contributed by atoms with Crippen molar-refractivity contribution in [1.29, 1.82) is 0 Å².